The normalized spacial score (nSPS) is 29.9. The third-order valence-electron chi connectivity index (χ3n) is 4.53. The largest absolute Gasteiger partial charge is 2.00 e. The second kappa shape index (κ2) is 12.6. The average Bonchev–Trinajstić information content (AvgIpc) is 3.23. The fourth-order valence-electron chi connectivity index (χ4n) is 2.85. The van der Waals surface area contributed by atoms with Crippen LogP contribution in [0.1, 0.15) is 32.6 Å². The van der Waals surface area contributed by atoms with Crippen LogP contribution in [0.15, 0.2) is 0 Å². The van der Waals surface area contributed by atoms with Crippen LogP contribution in [0.25, 0.3) is 0 Å². The third-order valence-corrected chi connectivity index (χ3v) is 8.75. The SMILES string of the molecule is C[C@@H]([C]1[CH][CH][CH][C]1[Te][C@@H]1CCCC[C@H]1O)N(C)C.[CH]1[CH][CH][CH][CH]1.[Fe+2]. The molecule has 0 aromatic carbocycles. The van der Waals surface area contributed by atoms with Crippen molar-refractivity contribution >= 4 is 20.9 Å². The second-order valence-electron chi connectivity index (χ2n) is 6.46. The molecular weight excluding hydrogens is 454 g/mol. The summed E-state index contributed by atoms with van der Waals surface area (Å²) < 4.78 is 2.16. The minimum Gasteiger partial charge on any atom is -0.0312 e. The van der Waals surface area contributed by atoms with E-state index in [1.807, 2.05) is 32.1 Å². The van der Waals surface area contributed by atoms with Crippen molar-refractivity contribution in [3.63, 3.8) is 0 Å². The minimum absolute atomic E-state index is 0. The molecular formula is C20H29FeNOTe+2. The number of hydrogen-bond acceptors (Lipinski definition) is 2. The molecule has 0 spiro atoms. The average molecular weight is 483 g/mol. The summed E-state index contributed by atoms with van der Waals surface area (Å²) in [5.41, 5.74) is 0. The van der Waals surface area contributed by atoms with E-state index < -0.39 is 0 Å². The maximum atomic E-state index is 10.1. The summed E-state index contributed by atoms with van der Waals surface area (Å²) in [7, 11) is 4.27. The molecule has 0 amide bonds. The van der Waals surface area contributed by atoms with Crippen LogP contribution in [0, 0.1) is 61.3 Å². The summed E-state index contributed by atoms with van der Waals surface area (Å²) >= 11 is -0.254. The Morgan fingerprint density at radius 3 is 2.12 bits per heavy atom. The Bertz CT molecular complexity index is 317. The van der Waals surface area contributed by atoms with Gasteiger partial charge in [-0.2, -0.15) is 0 Å². The molecule has 0 bridgehead atoms. The smallest absolute Gasteiger partial charge is 0.0312 e. The summed E-state index contributed by atoms with van der Waals surface area (Å²) in [5, 5.41) is 10.1. The van der Waals surface area contributed by atoms with Crippen molar-refractivity contribution in [2.24, 2.45) is 0 Å². The van der Waals surface area contributed by atoms with Crippen molar-refractivity contribution in [3.8, 4) is 0 Å². The van der Waals surface area contributed by atoms with E-state index in [0.29, 0.717) is 10.0 Å². The summed E-state index contributed by atoms with van der Waals surface area (Å²) in [6.07, 6.45) is 21.5. The first kappa shape index (κ1) is 23.3. The Morgan fingerprint density at radius 2 is 1.58 bits per heavy atom. The molecule has 3 atom stereocenters. The van der Waals surface area contributed by atoms with Gasteiger partial charge in [0.1, 0.15) is 0 Å². The molecule has 0 heterocycles. The van der Waals surface area contributed by atoms with Crippen LogP contribution in [-0.4, -0.2) is 57.2 Å². The predicted molar refractivity (Wildman–Crippen MR) is 98.0 cm³/mol. The molecule has 0 aromatic rings. The van der Waals surface area contributed by atoms with Gasteiger partial charge in [-0.1, -0.05) is 0 Å². The molecule has 10 radical (unpaired) electrons. The molecule has 0 unspecified atom stereocenters. The van der Waals surface area contributed by atoms with Gasteiger partial charge in [0, 0.05) is 0 Å². The number of aliphatic hydroxyl groups excluding tert-OH is 1. The van der Waals surface area contributed by atoms with E-state index in [1.54, 1.807) is 3.97 Å². The Labute approximate surface area is 171 Å². The molecule has 3 aliphatic rings. The molecule has 3 rings (SSSR count). The van der Waals surface area contributed by atoms with Crippen LogP contribution in [-0.2, 0) is 17.1 Å². The van der Waals surface area contributed by atoms with Gasteiger partial charge in [0.15, 0.2) is 0 Å². The molecule has 24 heavy (non-hydrogen) atoms. The summed E-state index contributed by atoms with van der Waals surface area (Å²) in [6.45, 7) is 2.27. The van der Waals surface area contributed by atoms with Crippen LogP contribution >= 0.6 is 0 Å². The van der Waals surface area contributed by atoms with Crippen LogP contribution in [0.4, 0.5) is 0 Å². The molecule has 1 N–H and O–H groups in total. The zero-order valence-electron chi connectivity index (χ0n) is 14.8. The van der Waals surface area contributed by atoms with E-state index in [1.165, 1.54) is 25.2 Å². The zero-order chi connectivity index (χ0) is 16.7. The van der Waals surface area contributed by atoms with Crippen LogP contribution < -0.4 is 0 Å². The van der Waals surface area contributed by atoms with Gasteiger partial charge in [-0.3, -0.25) is 0 Å². The standard InChI is InChI=1S/C15H24NOTe.C5H5.Fe/c1-11(16(2)3)12-7-6-10-14(12)18-15-9-5-4-8-13(15)17;1-2-4-5-3-1;/h6-7,10-11,13,15,17H,4-5,8-9H2,1-3H3;1-5H;/q;;+2/t11-,13+,15+;;/m0../s1. The number of hydrogen-bond donors (Lipinski definition) is 1. The Hall–Kier alpha value is 1.23. The fraction of sp³-hybridized carbons (Fsp3) is 0.500. The zero-order valence-corrected chi connectivity index (χ0v) is 18.3. The van der Waals surface area contributed by atoms with E-state index >= 15 is 0 Å². The Balaban J connectivity index is 0.000000412. The van der Waals surface area contributed by atoms with Gasteiger partial charge >= 0.3 is 140 Å². The van der Waals surface area contributed by atoms with E-state index in [0.717, 1.165) is 6.42 Å². The van der Waals surface area contributed by atoms with Gasteiger partial charge < -0.3 is 0 Å². The molecule has 132 valence electrons. The van der Waals surface area contributed by atoms with Crippen LogP contribution in [0.3, 0.4) is 0 Å². The van der Waals surface area contributed by atoms with Gasteiger partial charge in [-0.25, -0.2) is 0 Å². The predicted octanol–water partition coefficient (Wildman–Crippen LogP) is 3.12. The molecule has 3 fully saturated rings. The fourth-order valence-corrected chi connectivity index (χ4v) is 6.94. The van der Waals surface area contributed by atoms with E-state index in [2.05, 4.69) is 45.2 Å². The van der Waals surface area contributed by atoms with E-state index in [9.17, 15) is 5.11 Å². The summed E-state index contributed by atoms with van der Waals surface area (Å²) in [5.74, 6) is 1.49. The molecule has 4 heteroatoms. The quantitative estimate of drug-likeness (QED) is 0.623. The number of aliphatic hydroxyl groups is 1. The second-order valence-corrected chi connectivity index (χ2v) is 10.1. The van der Waals surface area contributed by atoms with Gasteiger partial charge in [-0.15, -0.1) is 0 Å². The number of nitrogens with zero attached hydrogens (tertiary/aromatic N) is 1. The first-order valence-corrected chi connectivity index (χ1v) is 11.0. The van der Waals surface area contributed by atoms with Gasteiger partial charge in [-0.05, 0) is 32.1 Å². The Morgan fingerprint density at radius 1 is 1.00 bits per heavy atom. The van der Waals surface area contributed by atoms with Gasteiger partial charge in [0.2, 0.25) is 0 Å². The Kier molecular flexibility index (Phi) is 12.2. The molecule has 0 aliphatic heterocycles. The molecule has 0 aromatic heterocycles. The van der Waals surface area contributed by atoms with Crippen molar-refractivity contribution in [1.82, 2.24) is 4.90 Å². The minimum atomic E-state index is -0.254. The van der Waals surface area contributed by atoms with Gasteiger partial charge in [0.05, 0.1) is 0 Å². The molecule has 3 saturated carbocycles. The monoisotopic (exact) mass is 485 g/mol. The third kappa shape index (κ3) is 7.46. The number of rotatable bonds is 4. The molecule has 0 saturated heterocycles. The first-order valence-electron chi connectivity index (χ1n) is 8.53. The maximum Gasteiger partial charge on any atom is 2.00 e. The maximum absolute atomic E-state index is 10.1. The first-order chi connectivity index (χ1) is 11.1. The molecule has 2 nitrogen and oxygen atoms in total. The van der Waals surface area contributed by atoms with Crippen molar-refractivity contribution in [1.29, 1.82) is 0 Å². The van der Waals surface area contributed by atoms with E-state index in [-0.39, 0.29) is 44.1 Å². The summed E-state index contributed by atoms with van der Waals surface area (Å²) in [6, 6.07) is 0.487. The van der Waals surface area contributed by atoms with Gasteiger partial charge in [0.25, 0.3) is 0 Å². The van der Waals surface area contributed by atoms with Crippen LogP contribution in [0.5, 0.6) is 0 Å². The topological polar surface area (TPSA) is 23.5 Å². The van der Waals surface area contributed by atoms with Crippen molar-refractivity contribution in [3.05, 3.63) is 61.3 Å². The summed E-state index contributed by atoms with van der Waals surface area (Å²) in [4.78, 5) is 2.27. The molecule has 3 aliphatic carbocycles. The van der Waals surface area contributed by atoms with Crippen molar-refractivity contribution < 1.29 is 22.2 Å². The van der Waals surface area contributed by atoms with E-state index in [4.69, 9.17) is 0 Å². The van der Waals surface area contributed by atoms with Crippen LogP contribution in [0.2, 0.25) is 3.97 Å². The van der Waals surface area contributed by atoms with Crippen molar-refractivity contribution in [2.75, 3.05) is 14.1 Å². The van der Waals surface area contributed by atoms with Crippen molar-refractivity contribution in [2.45, 2.75) is 48.7 Å².